The molecule has 3 rings (SSSR count). The van der Waals surface area contributed by atoms with Gasteiger partial charge in [0.2, 0.25) is 5.91 Å². The molecular weight excluding hydrogens is 442 g/mol. The molecule has 0 saturated heterocycles. The second kappa shape index (κ2) is 11.1. The average Bonchev–Trinajstić information content (AvgIpc) is 2.82. The first-order valence-corrected chi connectivity index (χ1v) is 11.8. The van der Waals surface area contributed by atoms with Crippen LogP contribution in [0, 0.1) is 0 Å². The van der Waals surface area contributed by atoms with E-state index in [4.69, 9.17) is 4.74 Å². The smallest absolute Gasteiger partial charge is 0.261 e. The van der Waals surface area contributed by atoms with Crippen LogP contribution < -0.4 is 20.1 Å². The Balaban J connectivity index is 1.56. The van der Waals surface area contributed by atoms with Crippen LogP contribution in [0.25, 0.3) is 0 Å². The zero-order valence-corrected chi connectivity index (χ0v) is 18.9. The van der Waals surface area contributed by atoms with Gasteiger partial charge in [-0.05, 0) is 55.0 Å². The number of anilines is 1. The number of hydrogen-bond acceptors (Lipinski definition) is 5. The van der Waals surface area contributed by atoms with Crippen LogP contribution in [0.5, 0.6) is 5.75 Å². The third kappa shape index (κ3) is 7.08. The number of hydrogen-bond donors (Lipinski definition) is 3. The van der Waals surface area contributed by atoms with E-state index in [1.165, 1.54) is 30.3 Å². The number of carbonyl (C=O) groups excluding carboxylic acids is 2. The van der Waals surface area contributed by atoms with Crippen molar-refractivity contribution in [3.63, 3.8) is 0 Å². The van der Waals surface area contributed by atoms with Crippen LogP contribution in [0.15, 0.2) is 83.8 Å². The summed E-state index contributed by atoms with van der Waals surface area (Å²) in [5.41, 5.74) is 1.40. The first-order valence-electron chi connectivity index (χ1n) is 10.3. The summed E-state index contributed by atoms with van der Waals surface area (Å²) in [6.45, 7) is 2.48. The quantitative estimate of drug-likeness (QED) is 0.424. The minimum Gasteiger partial charge on any atom is -0.494 e. The Morgan fingerprint density at radius 2 is 1.61 bits per heavy atom. The molecule has 0 aliphatic heterocycles. The molecule has 9 heteroatoms. The van der Waals surface area contributed by atoms with Gasteiger partial charge in [0.15, 0.2) is 0 Å². The molecule has 0 unspecified atom stereocenters. The molecule has 3 N–H and O–H groups in total. The van der Waals surface area contributed by atoms with Gasteiger partial charge in [-0.2, -0.15) is 0 Å². The summed E-state index contributed by atoms with van der Waals surface area (Å²) in [6, 6.07) is 21.5. The van der Waals surface area contributed by atoms with Crippen LogP contribution in [-0.4, -0.2) is 33.4 Å². The Labute approximate surface area is 193 Å². The molecule has 0 radical (unpaired) electrons. The summed E-state index contributed by atoms with van der Waals surface area (Å²) < 4.78 is 33.1. The van der Waals surface area contributed by atoms with Crippen molar-refractivity contribution in [3.8, 4) is 5.75 Å². The molecule has 0 heterocycles. The fourth-order valence-corrected chi connectivity index (χ4v) is 3.99. The summed E-state index contributed by atoms with van der Waals surface area (Å²) in [4.78, 5) is 24.5. The van der Waals surface area contributed by atoms with E-state index in [1.807, 2.05) is 37.3 Å². The minimum absolute atomic E-state index is 0.0656. The molecule has 0 fully saturated rings. The highest BCUT2D eigenvalue weighted by Crippen LogP contribution is 2.20. The predicted molar refractivity (Wildman–Crippen MR) is 125 cm³/mol. The van der Waals surface area contributed by atoms with Crippen molar-refractivity contribution in [2.75, 3.05) is 17.9 Å². The van der Waals surface area contributed by atoms with Gasteiger partial charge in [0, 0.05) is 17.8 Å². The Morgan fingerprint density at radius 1 is 0.879 bits per heavy atom. The number of ether oxygens (including phenoxy) is 1. The standard InChI is InChI=1S/C24H25N3O5S/c1-2-32-21-11-13-22(14-12-21)33(30,31)27-20-10-6-9-19(15-20)24(29)26-17-23(28)25-16-18-7-4-3-5-8-18/h3-15,27H,2,16-17H2,1H3,(H,25,28)(H,26,29). The van der Waals surface area contributed by atoms with Crippen molar-refractivity contribution in [1.29, 1.82) is 0 Å². The molecule has 0 aliphatic carbocycles. The maximum Gasteiger partial charge on any atom is 0.261 e. The molecule has 33 heavy (non-hydrogen) atoms. The zero-order valence-electron chi connectivity index (χ0n) is 18.1. The van der Waals surface area contributed by atoms with Gasteiger partial charge < -0.3 is 15.4 Å². The van der Waals surface area contributed by atoms with Gasteiger partial charge >= 0.3 is 0 Å². The fourth-order valence-electron chi connectivity index (χ4n) is 2.94. The number of amides is 2. The second-order valence-electron chi connectivity index (χ2n) is 7.04. The van der Waals surface area contributed by atoms with Gasteiger partial charge in [0.1, 0.15) is 5.75 Å². The molecular formula is C24H25N3O5S. The van der Waals surface area contributed by atoms with E-state index in [2.05, 4.69) is 15.4 Å². The molecule has 0 bridgehead atoms. The van der Waals surface area contributed by atoms with E-state index in [-0.39, 0.29) is 28.6 Å². The summed E-state index contributed by atoms with van der Waals surface area (Å²) in [7, 11) is -3.85. The average molecular weight is 468 g/mol. The molecule has 3 aromatic rings. The molecule has 8 nitrogen and oxygen atoms in total. The lowest BCUT2D eigenvalue weighted by Gasteiger charge is -2.11. The Bertz CT molecular complexity index is 1200. The number of carbonyl (C=O) groups is 2. The number of rotatable bonds is 10. The molecule has 0 aliphatic rings. The van der Waals surface area contributed by atoms with Crippen LogP contribution in [0.3, 0.4) is 0 Å². The molecule has 0 spiro atoms. The lowest BCUT2D eigenvalue weighted by atomic mass is 10.2. The van der Waals surface area contributed by atoms with Crippen molar-refractivity contribution in [2.24, 2.45) is 0 Å². The van der Waals surface area contributed by atoms with Crippen molar-refractivity contribution >= 4 is 27.5 Å². The Morgan fingerprint density at radius 3 is 2.30 bits per heavy atom. The Hall–Kier alpha value is -3.85. The molecule has 2 amide bonds. The molecule has 0 aromatic heterocycles. The Kier molecular flexibility index (Phi) is 8.04. The van der Waals surface area contributed by atoms with E-state index in [0.29, 0.717) is 18.9 Å². The fraction of sp³-hybridized carbons (Fsp3) is 0.167. The maximum absolute atomic E-state index is 12.7. The third-order valence-electron chi connectivity index (χ3n) is 4.56. The largest absolute Gasteiger partial charge is 0.494 e. The van der Waals surface area contributed by atoms with Gasteiger partial charge in [0.05, 0.1) is 18.0 Å². The van der Waals surface area contributed by atoms with E-state index in [0.717, 1.165) is 5.56 Å². The molecule has 172 valence electrons. The van der Waals surface area contributed by atoms with Crippen molar-refractivity contribution < 1.29 is 22.7 Å². The first kappa shape index (κ1) is 23.8. The minimum atomic E-state index is -3.85. The second-order valence-corrected chi connectivity index (χ2v) is 8.72. The van der Waals surface area contributed by atoms with Gasteiger partial charge in [-0.25, -0.2) is 8.42 Å². The number of sulfonamides is 1. The third-order valence-corrected chi connectivity index (χ3v) is 5.96. The number of nitrogens with one attached hydrogen (secondary N) is 3. The summed E-state index contributed by atoms with van der Waals surface area (Å²) in [6.07, 6.45) is 0. The van der Waals surface area contributed by atoms with Crippen LogP contribution >= 0.6 is 0 Å². The first-order chi connectivity index (χ1) is 15.9. The van der Waals surface area contributed by atoms with Crippen molar-refractivity contribution in [1.82, 2.24) is 10.6 Å². The van der Waals surface area contributed by atoms with Crippen LogP contribution in [0.1, 0.15) is 22.8 Å². The van der Waals surface area contributed by atoms with E-state index >= 15 is 0 Å². The van der Waals surface area contributed by atoms with Crippen LogP contribution in [0.2, 0.25) is 0 Å². The van der Waals surface area contributed by atoms with Gasteiger partial charge in [-0.15, -0.1) is 0 Å². The van der Waals surface area contributed by atoms with Gasteiger partial charge in [-0.3, -0.25) is 14.3 Å². The molecule has 0 saturated carbocycles. The zero-order chi connectivity index (χ0) is 23.7. The maximum atomic E-state index is 12.7. The molecule has 3 aromatic carbocycles. The lowest BCUT2D eigenvalue weighted by molar-refractivity contribution is -0.120. The van der Waals surface area contributed by atoms with Crippen LogP contribution in [0.4, 0.5) is 5.69 Å². The van der Waals surface area contributed by atoms with Crippen LogP contribution in [-0.2, 0) is 21.4 Å². The molecule has 0 atom stereocenters. The topological polar surface area (TPSA) is 114 Å². The highest BCUT2D eigenvalue weighted by Gasteiger charge is 2.16. The van der Waals surface area contributed by atoms with Gasteiger partial charge in [0.25, 0.3) is 15.9 Å². The normalized spacial score (nSPS) is 10.8. The summed E-state index contributed by atoms with van der Waals surface area (Å²) in [5.74, 6) is -0.255. The predicted octanol–water partition coefficient (Wildman–Crippen LogP) is 2.93. The highest BCUT2D eigenvalue weighted by atomic mass is 32.2. The number of benzene rings is 3. The van der Waals surface area contributed by atoms with E-state index in [9.17, 15) is 18.0 Å². The van der Waals surface area contributed by atoms with Crippen molar-refractivity contribution in [2.45, 2.75) is 18.4 Å². The monoisotopic (exact) mass is 467 g/mol. The SMILES string of the molecule is CCOc1ccc(S(=O)(=O)Nc2cccc(C(=O)NCC(=O)NCc3ccccc3)c2)cc1. The summed E-state index contributed by atoms with van der Waals surface area (Å²) in [5, 5.41) is 5.26. The van der Waals surface area contributed by atoms with E-state index < -0.39 is 15.9 Å². The lowest BCUT2D eigenvalue weighted by Crippen LogP contribution is -2.36. The summed E-state index contributed by atoms with van der Waals surface area (Å²) >= 11 is 0. The van der Waals surface area contributed by atoms with Crippen molar-refractivity contribution in [3.05, 3.63) is 90.0 Å². The van der Waals surface area contributed by atoms with E-state index in [1.54, 1.807) is 18.2 Å². The highest BCUT2D eigenvalue weighted by molar-refractivity contribution is 7.92. The van der Waals surface area contributed by atoms with Gasteiger partial charge in [-0.1, -0.05) is 36.4 Å².